The van der Waals surface area contributed by atoms with E-state index in [9.17, 15) is 27.9 Å². The van der Waals surface area contributed by atoms with Crippen LogP contribution in [0, 0.1) is 5.82 Å². The van der Waals surface area contributed by atoms with Crippen LogP contribution in [0.3, 0.4) is 0 Å². The number of primary amides is 1. The van der Waals surface area contributed by atoms with Gasteiger partial charge in [0.25, 0.3) is 11.8 Å². The second-order valence-corrected chi connectivity index (χ2v) is 9.48. The van der Waals surface area contributed by atoms with Crippen LogP contribution in [0.5, 0.6) is 0 Å². The van der Waals surface area contributed by atoms with Crippen LogP contribution in [0.1, 0.15) is 48.8 Å². The molecule has 2 aromatic rings. The first-order chi connectivity index (χ1) is 15.3. The number of halogens is 4. The van der Waals surface area contributed by atoms with E-state index in [2.05, 4.69) is 10.4 Å². The molecule has 1 saturated carbocycles. The van der Waals surface area contributed by atoms with Crippen molar-refractivity contribution >= 4 is 23.5 Å². The molecule has 1 atom stereocenters. The fraction of sp³-hybridized carbons (Fsp3) is 0.476. The third-order valence-electron chi connectivity index (χ3n) is 6.00. The van der Waals surface area contributed by atoms with Gasteiger partial charge in [0.15, 0.2) is 0 Å². The largest absolute Gasteiger partial charge is 0.388 e. The SMILES string of the molecule is CC(C)(O)[C@@H]1CN(C(=O)NC2CC(F)(F)C2)Cc2c(C(N)=O)c(-c3ccc(F)c(Cl)c3)nn21. The molecule has 0 radical (unpaired) electrons. The highest BCUT2D eigenvalue weighted by Gasteiger charge is 2.47. The first-order valence-electron chi connectivity index (χ1n) is 10.3. The summed E-state index contributed by atoms with van der Waals surface area (Å²) >= 11 is 5.90. The van der Waals surface area contributed by atoms with Gasteiger partial charge in [0.1, 0.15) is 11.5 Å². The number of hydrogen-bond donors (Lipinski definition) is 3. The lowest BCUT2D eigenvalue weighted by atomic mass is 9.88. The predicted molar refractivity (Wildman–Crippen MR) is 113 cm³/mol. The van der Waals surface area contributed by atoms with E-state index in [1.54, 1.807) is 0 Å². The Morgan fingerprint density at radius 2 is 2.00 bits per heavy atom. The van der Waals surface area contributed by atoms with Gasteiger partial charge in [-0.2, -0.15) is 5.10 Å². The van der Waals surface area contributed by atoms with Crippen LogP contribution < -0.4 is 11.1 Å². The molecule has 1 fully saturated rings. The summed E-state index contributed by atoms with van der Waals surface area (Å²) in [4.78, 5) is 26.6. The number of alkyl halides is 2. The van der Waals surface area contributed by atoms with Crippen molar-refractivity contribution in [3.63, 3.8) is 0 Å². The molecule has 0 bridgehead atoms. The van der Waals surface area contributed by atoms with Gasteiger partial charge in [-0.25, -0.2) is 18.0 Å². The second kappa shape index (κ2) is 7.91. The monoisotopic (exact) mass is 485 g/mol. The molecule has 33 heavy (non-hydrogen) atoms. The summed E-state index contributed by atoms with van der Waals surface area (Å²) in [5.41, 5.74) is 5.00. The number of carbonyl (C=O) groups excluding carboxylic acids is 2. The van der Waals surface area contributed by atoms with Crippen LogP contribution in [0.4, 0.5) is 18.0 Å². The Balaban J connectivity index is 1.74. The van der Waals surface area contributed by atoms with E-state index in [0.717, 1.165) is 6.07 Å². The number of aliphatic hydroxyl groups is 1. The number of fused-ring (bicyclic) bond motifs is 1. The maximum atomic E-state index is 13.7. The van der Waals surface area contributed by atoms with Crippen LogP contribution in [0.2, 0.25) is 5.02 Å². The third kappa shape index (κ3) is 4.39. The smallest absolute Gasteiger partial charge is 0.318 e. The molecule has 0 unspecified atom stereocenters. The van der Waals surface area contributed by atoms with Crippen molar-refractivity contribution in [3.8, 4) is 11.3 Å². The Morgan fingerprint density at radius 1 is 1.33 bits per heavy atom. The molecule has 4 rings (SSSR count). The fourth-order valence-corrected chi connectivity index (χ4v) is 4.40. The number of amides is 3. The van der Waals surface area contributed by atoms with Crippen molar-refractivity contribution in [2.75, 3.05) is 6.54 Å². The minimum atomic E-state index is -2.79. The van der Waals surface area contributed by atoms with Gasteiger partial charge >= 0.3 is 6.03 Å². The maximum Gasteiger partial charge on any atom is 0.318 e. The van der Waals surface area contributed by atoms with E-state index in [1.807, 2.05) is 0 Å². The lowest BCUT2D eigenvalue weighted by Crippen LogP contribution is -2.56. The lowest BCUT2D eigenvalue weighted by Gasteiger charge is -2.41. The maximum absolute atomic E-state index is 13.7. The summed E-state index contributed by atoms with van der Waals surface area (Å²) in [5, 5.41) is 17.7. The van der Waals surface area contributed by atoms with Crippen molar-refractivity contribution in [2.24, 2.45) is 5.73 Å². The van der Waals surface area contributed by atoms with Gasteiger partial charge < -0.3 is 21.1 Å². The second-order valence-electron chi connectivity index (χ2n) is 9.07. The molecule has 3 amide bonds. The molecule has 178 valence electrons. The van der Waals surface area contributed by atoms with Gasteiger partial charge in [0.05, 0.1) is 34.5 Å². The van der Waals surface area contributed by atoms with Crippen molar-refractivity contribution in [3.05, 3.63) is 40.3 Å². The molecule has 12 heteroatoms. The Hall–Kier alpha value is -2.79. The van der Waals surface area contributed by atoms with E-state index >= 15 is 0 Å². The van der Waals surface area contributed by atoms with E-state index in [1.165, 1.54) is 35.6 Å². The van der Waals surface area contributed by atoms with Gasteiger partial charge in [0, 0.05) is 31.0 Å². The average Bonchev–Trinajstić information content (AvgIpc) is 3.06. The molecule has 1 aliphatic carbocycles. The topological polar surface area (TPSA) is 113 Å². The molecule has 4 N–H and O–H groups in total. The van der Waals surface area contributed by atoms with Gasteiger partial charge in [-0.1, -0.05) is 11.6 Å². The quantitative estimate of drug-likeness (QED) is 0.617. The van der Waals surface area contributed by atoms with Crippen molar-refractivity contribution < 1.29 is 27.9 Å². The molecular weight excluding hydrogens is 463 g/mol. The number of carbonyl (C=O) groups is 2. The minimum Gasteiger partial charge on any atom is -0.388 e. The number of urea groups is 1. The summed E-state index contributed by atoms with van der Waals surface area (Å²) in [7, 11) is 0. The Kier molecular flexibility index (Phi) is 5.60. The molecule has 0 spiro atoms. The Bertz CT molecular complexity index is 1120. The molecular formula is C21H23ClF3N5O3. The normalized spacial score (nSPS) is 20.2. The van der Waals surface area contributed by atoms with Gasteiger partial charge in [-0.05, 0) is 32.0 Å². The molecule has 2 aliphatic rings. The minimum absolute atomic E-state index is 0.000368. The Labute approximate surface area is 192 Å². The zero-order valence-corrected chi connectivity index (χ0v) is 18.7. The molecule has 0 saturated heterocycles. The predicted octanol–water partition coefficient (Wildman–Crippen LogP) is 3.08. The van der Waals surface area contributed by atoms with Gasteiger partial charge in [-0.15, -0.1) is 0 Å². The molecule has 1 aliphatic heterocycles. The highest BCUT2D eigenvalue weighted by atomic mass is 35.5. The zero-order valence-electron chi connectivity index (χ0n) is 17.9. The number of nitrogens with one attached hydrogen (secondary N) is 1. The van der Waals surface area contributed by atoms with Crippen LogP contribution in [-0.4, -0.2) is 55.8 Å². The fourth-order valence-electron chi connectivity index (χ4n) is 4.22. The van der Waals surface area contributed by atoms with Crippen molar-refractivity contribution in [1.82, 2.24) is 20.0 Å². The van der Waals surface area contributed by atoms with Crippen molar-refractivity contribution in [2.45, 2.75) is 56.8 Å². The van der Waals surface area contributed by atoms with E-state index in [-0.39, 0.29) is 35.1 Å². The number of hydrogen-bond acceptors (Lipinski definition) is 4. The van der Waals surface area contributed by atoms with E-state index in [0.29, 0.717) is 5.56 Å². The number of rotatable bonds is 4. The number of benzene rings is 1. The van der Waals surface area contributed by atoms with Crippen LogP contribution in [-0.2, 0) is 6.54 Å². The molecule has 1 aromatic heterocycles. The summed E-state index contributed by atoms with van der Waals surface area (Å²) in [6.07, 6.45) is -0.886. The summed E-state index contributed by atoms with van der Waals surface area (Å²) in [6, 6.07) is 1.78. The standard InChI is InChI=1S/C21H23ClF3N5O3/c1-20(2,33)15-9-29(19(32)27-11-6-21(24,25)7-11)8-14-16(18(26)31)17(28-30(14)15)10-3-4-13(23)12(22)5-10/h3-5,11,15,33H,6-9H2,1-2H3,(H2,26,31)(H,27,32)/t15-/m0/s1. The van der Waals surface area contributed by atoms with Crippen LogP contribution in [0.15, 0.2) is 18.2 Å². The summed E-state index contributed by atoms with van der Waals surface area (Å²) < 4.78 is 41.4. The highest BCUT2D eigenvalue weighted by Crippen LogP contribution is 2.39. The number of aromatic nitrogens is 2. The number of nitrogens with zero attached hydrogens (tertiary/aromatic N) is 3. The van der Waals surface area contributed by atoms with Crippen LogP contribution >= 0.6 is 11.6 Å². The molecule has 1 aromatic carbocycles. The first-order valence-corrected chi connectivity index (χ1v) is 10.7. The van der Waals surface area contributed by atoms with E-state index in [4.69, 9.17) is 17.3 Å². The van der Waals surface area contributed by atoms with Crippen molar-refractivity contribution in [1.29, 1.82) is 0 Å². The van der Waals surface area contributed by atoms with Gasteiger partial charge in [0.2, 0.25) is 0 Å². The lowest BCUT2D eigenvalue weighted by molar-refractivity contribution is -0.0906. The third-order valence-corrected chi connectivity index (χ3v) is 6.29. The number of nitrogens with two attached hydrogens (primary N) is 1. The van der Waals surface area contributed by atoms with Crippen LogP contribution in [0.25, 0.3) is 11.3 Å². The average molecular weight is 486 g/mol. The van der Waals surface area contributed by atoms with Gasteiger partial charge in [-0.3, -0.25) is 9.48 Å². The highest BCUT2D eigenvalue weighted by molar-refractivity contribution is 6.31. The Morgan fingerprint density at radius 3 is 2.55 bits per heavy atom. The van der Waals surface area contributed by atoms with E-state index < -0.39 is 54.2 Å². The first kappa shape index (κ1) is 23.4. The molecule has 2 heterocycles. The summed E-state index contributed by atoms with van der Waals surface area (Å²) in [6.45, 7) is 2.96. The summed E-state index contributed by atoms with van der Waals surface area (Å²) in [5.74, 6) is -4.27. The molecule has 8 nitrogen and oxygen atoms in total. The zero-order chi connectivity index (χ0) is 24.3.